The molecule has 4 aromatic carbocycles. The van der Waals surface area contributed by atoms with Crippen molar-refractivity contribution in [2.24, 2.45) is 5.10 Å². The van der Waals surface area contributed by atoms with Crippen molar-refractivity contribution in [2.45, 2.75) is 0 Å². The number of hydrazone groups is 1. The second kappa shape index (κ2) is 13.3. The van der Waals surface area contributed by atoms with E-state index in [1.807, 2.05) is 54.6 Å². The van der Waals surface area contributed by atoms with Gasteiger partial charge in [-0.3, -0.25) is 14.4 Å². The van der Waals surface area contributed by atoms with E-state index in [0.29, 0.717) is 27.7 Å². The molecule has 10 nitrogen and oxygen atoms in total. The van der Waals surface area contributed by atoms with Crippen LogP contribution in [0.1, 0.15) is 15.9 Å². The second-order valence-corrected chi connectivity index (χ2v) is 9.54. The Morgan fingerprint density at radius 3 is 2.26 bits per heavy atom. The number of carbonyl (C=O) groups is 3. The summed E-state index contributed by atoms with van der Waals surface area (Å²) in [6.07, 6.45) is 3.17. The summed E-state index contributed by atoms with van der Waals surface area (Å²) in [5.74, 6) is -1.80. The Labute approximate surface area is 252 Å². The van der Waals surface area contributed by atoms with Crippen LogP contribution in [0.3, 0.4) is 0 Å². The molecule has 0 radical (unpaired) electrons. The Bertz CT molecular complexity index is 1790. The Morgan fingerprint density at radius 2 is 1.53 bits per heavy atom. The van der Waals surface area contributed by atoms with Crippen LogP contribution in [0.2, 0.25) is 5.02 Å². The number of aromatic nitrogens is 2. The van der Waals surface area contributed by atoms with Gasteiger partial charge < -0.3 is 15.4 Å². The molecule has 0 spiro atoms. The van der Waals surface area contributed by atoms with E-state index in [9.17, 15) is 14.4 Å². The number of ether oxygens (including phenoxy) is 1. The van der Waals surface area contributed by atoms with Gasteiger partial charge in [0.05, 0.1) is 30.3 Å². The molecule has 3 N–H and O–H groups in total. The van der Waals surface area contributed by atoms with Gasteiger partial charge in [-0.15, -0.1) is 0 Å². The number of rotatable bonds is 8. The first-order valence-corrected chi connectivity index (χ1v) is 13.4. The third kappa shape index (κ3) is 7.13. The van der Waals surface area contributed by atoms with E-state index in [0.717, 1.165) is 11.3 Å². The molecule has 43 heavy (non-hydrogen) atoms. The van der Waals surface area contributed by atoms with Gasteiger partial charge >= 0.3 is 11.8 Å². The average Bonchev–Trinajstić information content (AvgIpc) is 3.47. The quantitative estimate of drug-likeness (QED) is 0.124. The van der Waals surface area contributed by atoms with Crippen molar-refractivity contribution in [3.8, 4) is 22.7 Å². The molecule has 0 aliphatic heterocycles. The summed E-state index contributed by atoms with van der Waals surface area (Å²) in [5.41, 5.74) is 5.92. The molecule has 0 bridgehead atoms. The Balaban J connectivity index is 1.29. The highest BCUT2D eigenvalue weighted by Gasteiger charge is 2.18. The van der Waals surface area contributed by atoms with E-state index in [1.165, 1.54) is 18.3 Å². The van der Waals surface area contributed by atoms with Gasteiger partial charge in [-0.1, -0.05) is 41.9 Å². The summed E-state index contributed by atoms with van der Waals surface area (Å²) in [7, 11) is 1.59. The number of benzene rings is 4. The van der Waals surface area contributed by atoms with Crippen LogP contribution in [0.25, 0.3) is 16.9 Å². The number of para-hydroxylation sites is 2. The first kappa shape index (κ1) is 28.8. The average molecular weight is 593 g/mol. The first-order valence-electron chi connectivity index (χ1n) is 13.0. The maximum atomic E-state index is 12.9. The zero-order valence-electron chi connectivity index (χ0n) is 22.8. The minimum Gasteiger partial charge on any atom is -0.497 e. The van der Waals surface area contributed by atoms with Gasteiger partial charge in [-0.05, 0) is 72.8 Å². The minimum absolute atomic E-state index is 0.157. The molecule has 11 heteroatoms. The molecular weight excluding hydrogens is 568 g/mol. The fourth-order valence-corrected chi connectivity index (χ4v) is 4.21. The van der Waals surface area contributed by atoms with E-state index in [4.69, 9.17) is 21.4 Å². The summed E-state index contributed by atoms with van der Waals surface area (Å²) >= 11 is 5.90. The Hall–Kier alpha value is -5.74. The molecule has 0 atom stereocenters. The predicted octanol–water partition coefficient (Wildman–Crippen LogP) is 5.54. The Kier molecular flexibility index (Phi) is 8.89. The van der Waals surface area contributed by atoms with Gasteiger partial charge in [0.2, 0.25) is 0 Å². The van der Waals surface area contributed by atoms with Gasteiger partial charge in [-0.25, -0.2) is 10.1 Å². The lowest BCUT2D eigenvalue weighted by molar-refractivity contribution is -0.136. The van der Waals surface area contributed by atoms with Gasteiger partial charge in [0.25, 0.3) is 5.91 Å². The van der Waals surface area contributed by atoms with Crippen molar-refractivity contribution < 1.29 is 19.1 Å². The molecule has 214 valence electrons. The highest BCUT2D eigenvalue weighted by Crippen LogP contribution is 2.25. The van der Waals surface area contributed by atoms with Crippen molar-refractivity contribution in [2.75, 3.05) is 17.7 Å². The SMILES string of the molecule is COc1ccc(-c2nn(-c3ccccc3)cc2/C=N\NC(=O)C(=O)Nc2ccccc2C(=O)Nc2ccc(Cl)cc2)cc1. The fourth-order valence-electron chi connectivity index (χ4n) is 4.08. The van der Waals surface area contributed by atoms with Gasteiger partial charge in [0.15, 0.2) is 0 Å². The molecule has 5 aromatic rings. The molecule has 0 fully saturated rings. The molecule has 3 amide bonds. The predicted molar refractivity (Wildman–Crippen MR) is 166 cm³/mol. The number of anilines is 2. The zero-order valence-corrected chi connectivity index (χ0v) is 23.6. The van der Waals surface area contributed by atoms with Crippen molar-refractivity contribution in [3.05, 3.63) is 125 Å². The second-order valence-electron chi connectivity index (χ2n) is 9.10. The lowest BCUT2D eigenvalue weighted by Gasteiger charge is -2.11. The van der Waals surface area contributed by atoms with Crippen LogP contribution < -0.4 is 20.8 Å². The molecule has 0 unspecified atom stereocenters. The van der Waals surface area contributed by atoms with Gasteiger partial charge in [0, 0.05) is 28.0 Å². The molecular formula is C32H25ClN6O4. The number of nitrogens with zero attached hydrogens (tertiary/aromatic N) is 3. The zero-order chi connectivity index (χ0) is 30.2. The first-order chi connectivity index (χ1) is 20.9. The van der Waals surface area contributed by atoms with Crippen molar-refractivity contribution in [3.63, 3.8) is 0 Å². The normalized spacial score (nSPS) is 10.7. The standard InChI is InChI=1S/C32H25ClN6O4/c1-43-26-17-11-21(12-18-26)29-22(20-39(38-29)25-7-3-2-4-8-25)19-34-37-32(42)31(41)36-28-10-6-5-9-27(28)30(40)35-24-15-13-23(33)14-16-24/h2-20H,1H3,(H,35,40)(H,36,41)(H,37,42)/b34-19-. The van der Waals surface area contributed by atoms with Crippen LogP contribution in [-0.2, 0) is 9.59 Å². The van der Waals surface area contributed by atoms with E-state index in [2.05, 4.69) is 21.2 Å². The molecule has 0 saturated heterocycles. The minimum atomic E-state index is -1.02. The topological polar surface area (TPSA) is 127 Å². The smallest absolute Gasteiger partial charge is 0.329 e. The van der Waals surface area contributed by atoms with Crippen LogP contribution in [0.5, 0.6) is 5.75 Å². The third-order valence-corrected chi connectivity index (χ3v) is 6.48. The molecule has 5 rings (SSSR count). The lowest BCUT2D eigenvalue weighted by Crippen LogP contribution is -2.33. The molecule has 0 saturated carbocycles. The summed E-state index contributed by atoms with van der Waals surface area (Å²) in [4.78, 5) is 38.2. The summed E-state index contributed by atoms with van der Waals surface area (Å²) in [5, 5.41) is 14.4. The van der Waals surface area contributed by atoms with E-state index in [-0.39, 0.29) is 11.3 Å². The number of methoxy groups -OCH3 is 1. The Morgan fingerprint density at radius 1 is 0.837 bits per heavy atom. The van der Waals surface area contributed by atoms with Crippen LogP contribution in [-0.4, -0.2) is 40.8 Å². The lowest BCUT2D eigenvalue weighted by atomic mass is 10.1. The number of hydrogen-bond acceptors (Lipinski definition) is 6. The van der Waals surface area contributed by atoms with Crippen LogP contribution in [0.4, 0.5) is 11.4 Å². The maximum Gasteiger partial charge on any atom is 0.329 e. The highest BCUT2D eigenvalue weighted by molar-refractivity contribution is 6.40. The van der Waals surface area contributed by atoms with E-state index >= 15 is 0 Å². The summed E-state index contributed by atoms with van der Waals surface area (Å²) in [6.45, 7) is 0. The van der Waals surface area contributed by atoms with Crippen molar-refractivity contribution in [1.29, 1.82) is 0 Å². The van der Waals surface area contributed by atoms with E-state index in [1.54, 1.807) is 54.4 Å². The van der Waals surface area contributed by atoms with E-state index < -0.39 is 17.7 Å². The molecule has 0 aliphatic carbocycles. The van der Waals surface area contributed by atoms with Crippen LogP contribution in [0.15, 0.2) is 114 Å². The highest BCUT2D eigenvalue weighted by atomic mass is 35.5. The number of nitrogens with one attached hydrogen (secondary N) is 3. The van der Waals surface area contributed by atoms with Crippen LogP contribution in [0, 0.1) is 0 Å². The summed E-state index contributed by atoms with van der Waals surface area (Å²) in [6, 6.07) is 29.8. The van der Waals surface area contributed by atoms with Crippen LogP contribution >= 0.6 is 11.6 Å². The fraction of sp³-hybridized carbons (Fsp3) is 0.0312. The van der Waals surface area contributed by atoms with Gasteiger partial charge in [-0.2, -0.15) is 10.2 Å². The number of halogens is 1. The largest absolute Gasteiger partial charge is 0.497 e. The van der Waals surface area contributed by atoms with Crippen molar-refractivity contribution >= 4 is 46.9 Å². The van der Waals surface area contributed by atoms with Gasteiger partial charge in [0.1, 0.15) is 11.4 Å². The maximum absolute atomic E-state index is 12.9. The number of carbonyl (C=O) groups excluding carboxylic acids is 3. The molecule has 0 aliphatic rings. The molecule has 1 aromatic heterocycles. The van der Waals surface area contributed by atoms with Crippen molar-refractivity contribution in [1.82, 2.24) is 15.2 Å². The number of amides is 3. The summed E-state index contributed by atoms with van der Waals surface area (Å²) < 4.78 is 6.95. The monoisotopic (exact) mass is 592 g/mol. The number of hydrogen-bond donors (Lipinski definition) is 3. The molecule has 1 heterocycles. The third-order valence-electron chi connectivity index (χ3n) is 6.22.